The molecule has 3 amide bonds. The molecule has 0 aliphatic carbocycles. The maximum atomic E-state index is 14.3. The fourth-order valence-corrected chi connectivity index (χ4v) is 6.43. The van der Waals surface area contributed by atoms with Gasteiger partial charge in [0.1, 0.15) is 5.54 Å². The number of benzene rings is 3. The van der Waals surface area contributed by atoms with Crippen LogP contribution >= 0.6 is 23.2 Å². The Morgan fingerprint density at radius 1 is 1.05 bits per heavy atom. The summed E-state index contributed by atoms with van der Waals surface area (Å²) in [7, 11) is 1.68. The molecule has 7 nitrogen and oxygen atoms in total. The first-order valence-corrected chi connectivity index (χ1v) is 12.9. The number of nitriles is 1. The first-order valence-electron chi connectivity index (χ1n) is 12.2. The number of anilines is 1. The summed E-state index contributed by atoms with van der Waals surface area (Å²) in [6, 6.07) is 21.8. The molecule has 3 aromatic carbocycles. The summed E-state index contributed by atoms with van der Waals surface area (Å²) >= 11 is 12.5. The highest BCUT2D eigenvalue weighted by Gasteiger charge is 2.64. The first kappa shape index (κ1) is 24.5. The van der Waals surface area contributed by atoms with E-state index >= 15 is 0 Å². The second-order valence-corrected chi connectivity index (χ2v) is 10.7. The molecule has 0 saturated carbocycles. The zero-order valence-electron chi connectivity index (χ0n) is 20.5. The maximum Gasteiger partial charge on any atom is 0.332 e. The van der Waals surface area contributed by atoms with E-state index in [0.29, 0.717) is 40.9 Å². The number of H-pyrrole nitrogens is 1. The van der Waals surface area contributed by atoms with Gasteiger partial charge < -0.3 is 9.88 Å². The lowest BCUT2D eigenvalue weighted by molar-refractivity contribution is -0.124. The second kappa shape index (κ2) is 9.17. The van der Waals surface area contributed by atoms with Crippen LogP contribution in [0.1, 0.15) is 22.6 Å². The average molecular weight is 544 g/mol. The Balaban J connectivity index is 1.43. The number of halogens is 2. The molecule has 38 heavy (non-hydrogen) atoms. The van der Waals surface area contributed by atoms with Gasteiger partial charge in [0.2, 0.25) is 0 Å². The SMILES string of the molecule is CN1C(=O)N(c2cc(Cl)cc(Cl)c2)C(=O)C12CN(Cc1c[nH]c3ccccc13)CC2c1ccc(C#N)cc1. The molecule has 1 spiro atoms. The van der Waals surface area contributed by atoms with E-state index in [9.17, 15) is 14.9 Å². The fourth-order valence-electron chi connectivity index (χ4n) is 5.92. The molecule has 4 aromatic rings. The van der Waals surface area contributed by atoms with E-state index < -0.39 is 11.6 Å². The Morgan fingerprint density at radius 2 is 1.76 bits per heavy atom. The van der Waals surface area contributed by atoms with E-state index in [1.54, 1.807) is 42.3 Å². The van der Waals surface area contributed by atoms with Gasteiger partial charge in [-0.25, -0.2) is 9.69 Å². The number of aromatic nitrogens is 1. The molecular formula is C29H23Cl2N5O2. The lowest BCUT2D eigenvalue weighted by atomic mass is 9.80. The van der Waals surface area contributed by atoms with Crippen molar-refractivity contribution in [3.8, 4) is 6.07 Å². The lowest BCUT2D eigenvalue weighted by Crippen LogP contribution is -2.53. The number of likely N-dealkylation sites (N-methyl/N-ethyl adjacent to an activating group) is 1. The Bertz CT molecular complexity index is 1610. The van der Waals surface area contributed by atoms with Gasteiger partial charge in [-0.15, -0.1) is 0 Å². The van der Waals surface area contributed by atoms with Crippen LogP contribution < -0.4 is 4.90 Å². The first-order chi connectivity index (χ1) is 18.3. The van der Waals surface area contributed by atoms with Gasteiger partial charge in [0.05, 0.1) is 17.3 Å². The molecule has 1 N–H and O–H groups in total. The van der Waals surface area contributed by atoms with E-state index in [-0.39, 0.29) is 11.8 Å². The van der Waals surface area contributed by atoms with Crippen LogP contribution in [0.15, 0.2) is 72.9 Å². The van der Waals surface area contributed by atoms with Crippen molar-refractivity contribution in [1.29, 1.82) is 5.26 Å². The van der Waals surface area contributed by atoms with Crippen LogP contribution in [-0.2, 0) is 11.3 Å². The molecule has 0 bridgehead atoms. The number of carbonyl (C=O) groups is 2. The van der Waals surface area contributed by atoms with Crippen molar-refractivity contribution >= 4 is 51.7 Å². The minimum atomic E-state index is -1.15. The summed E-state index contributed by atoms with van der Waals surface area (Å²) in [6.07, 6.45) is 2.00. The van der Waals surface area contributed by atoms with Gasteiger partial charge in [0, 0.05) is 59.7 Å². The molecule has 9 heteroatoms. The van der Waals surface area contributed by atoms with Crippen molar-refractivity contribution in [2.45, 2.75) is 18.0 Å². The minimum absolute atomic E-state index is 0.318. The number of nitrogens with zero attached hydrogens (tertiary/aromatic N) is 4. The van der Waals surface area contributed by atoms with E-state index in [0.717, 1.165) is 22.0 Å². The third kappa shape index (κ3) is 3.76. The number of hydrogen-bond acceptors (Lipinski definition) is 4. The third-order valence-electron chi connectivity index (χ3n) is 7.75. The molecule has 2 aliphatic heterocycles. The Labute approximate surface area is 229 Å². The Kier molecular flexibility index (Phi) is 5.92. The van der Waals surface area contributed by atoms with Gasteiger partial charge >= 0.3 is 6.03 Å². The van der Waals surface area contributed by atoms with Gasteiger partial charge in [-0.05, 0) is 47.5 Å². The number of hydrogen-bond donors (Lipinski definition) is 1. The fraction of sp³-hybridized carbons (Fsp3) is 0.207. The molecule has 190 valence electrons. The number of fused-ring (bicyclic) bond motifs is 1. The Morgan fingerprint density at radius 3 is 2.47 bits per heavy atom. The third-order valence-corrected chi connectivity index (χ3v) is 8.19. The van der Waals surface area contributed by atoms with Crippen molar-refractivity contribution in [1.82, 2.24) is 14.8 Å². The van der Waals surface area contributed by atoms with Crippen molar-refractivity contribution in [3.63, 3.8) is 0 Å². The molecule has 6 rings (SSSR count). The van der Waals surface area contributed by atoms with Crippen LogP contribution in [0.2, 0.25) is 10.0 Å². The van der Waals surface area contributed by atoms with E-state index in [1.807, 2.05) is 36.5 Å². The van der Waals surface area contributed by atoms with Crippen molar-refractivity contribution in [2.24, 2.45) is 0 Å². The molecular weight excluding hydrogens is 521 g/mol. The summed E-state index contributed by atoms with van der Waals surface area (Å²) in [5, 5.41) is 11.1. The van der Waals surface area contributed by atoms with E-state index in [4.69, 9.17) is 23.2 Å². The summed E-state index contributed by atoms with van der Waals surface area (Å²) in [5.41, 5.74) is 2.79. The van der Waals surface area contributed by atoms with Crippen LogP contribution in [0.3, 0.4) is 0 Å². The van der Waals surface area contributed by atoms with Crippen LogP contribution in [0.4, 0.5) is 10.5 Å². The number of carbonyl (C=O) groups excluding carboxylic acids is 2. The predicted octanol–water partition coefficient (Wildman–Crippen LogP) is 5.78. The lowest BCUT2D eigenvalue weighted by Gasteiger charge is -2.34. The highest BCUT2D eigenvalue weighted by molar-refractivity contribution is 6.35. The Hall–Kier alpha value is -3.83. The number of para-hydroxylation sites is 1. The van der Waals surface area contributed by atoms with Gasteiger partial charge in [0.25, 0.3) is 5.91 Å². The largest absolute Gasteiger partial charge is 0.361 e. The molecule has 2 unspecified atom stereocenters. The predicted molar refractivity (Wildman–Crippen MR) is 147 cm³/mol. The van der Waals surface area contributed by atoms with Crippen LogP contribution in [-0.4, -0.2) is 52.4 Å². The van der Waals surface area contributed by atoms with Crippen LogP contribution in [0.25, 0.3) is 10.9 Å². The zero-order chi connectivity index (χ0) is 26.6. The zero-order valence-corrected chi connectivity index (χ0v) is 22.0. The number of nitrogens with one attached hydrogen (secondary N) is 1. The number of urea groups is 1. The molecule has 2 fully saturated rings. The summed E-state index contributed by atoms with van der Waals surface area (Å²) in [5.74, 6) is -0.638. The number of aromatic amines is 1. The molecule has 1 aromatic heterocycles. The topological polar surface area (TPSA) is 83.4 Å². The molecule has 2 atom stereocenters. The standard InChI is InChI=1S/C29H23Cl2N5O2/c1-34-28(38)36(23-11-21(30)10-22(31)12-23)27(37)29(34)17-35(15-20-14-33-26-5-3-2-4-24(20)26)16-25(29)19-8-6-18(13-32)7-9-19/h2-12,14,25,33H,15-17H2,1H3. The normalized spacial score (nSPS) is 21.7. The molecule has 2 saturated heterocycles. The van der Waals surface area contributed by atoms with Gasteiger partial charge in [0.15, 0.2) is 0 Å². The van der Waals surface area contributed by atoms with E-state index in [2.05, 4.69) is 22.0 Å². The van der Waals surface area contributed by atoms with Crippen molar-refractivity contribution in [3.05, 3.63) is 99.7 Å². The summed E-state index contributed by atoms with van der Waals surface area (Å²) in [4.78, 5) is 36.3. The molecule has 2 aliphatic rings. The van der Waals surface area contributed by atoms with Gasteiger partial charge in [-0.3, -0.25) is 9.69 Å². The van der Waals surface area contributed by atoms with Crippen LogP contribution in [0.5, 0.6) is 0 Å². The molecule has 0 radical (unpaired) electrons. The smallest absolute Gasteiger partial charge is 0.332 e. The summed E-state index contributed by atoms with van der Waals surface area (Å²) < 4.78 is 0. The molecule has 3 heterocycles. The van der Waals surface area contributed by atoms with Gasteiger partial charge in [-0.2, -0.15) is 5.26 Å². The minimum Gasteiger partial charge on any atom is -0.361 e. The maximum absolute atomic E-state index is 14.3. The second-order valence-electron chi connectivity index (χ2n) is 9.85. The number of imide groups is 1. The number of likely N-dealkylation sites (tertiary alicyclic amines) is 1. The summed E-state index contributed by atoms with van der Waals surface area (Å²) in [6.45, 7) is 1.51. The van der Waals surface area contributed by atoms with Crippen LogP contribution in [0, 0.1) is 11.3 Å². The quantitative estimate of drug-likeness (QED) is 0.330. The highest BCUT2D eigenvalue weighted by Crippen LogP contribution is 2.47. The monoisotopic (exact) mass is 543 g/mol. The number of amides is 3. The average Bonchev–Trinajstić information content (AvgIpc) is 3.55. The van der Waals surface area contributed by atoms with E-state index in [1.165, 1.54) is 4.90 Å². The highest BCUT2D eigenvalue weighted by atomic mass is 35.5. The van der Waals surface area contributed by atoms with Crippen molar-refractivity contribution in [2.75, 3.05) is 25.0 Å². The number of rotatable bonds is 4. The van der Waals surface area contributed by atoms with Gasteiger partial charge in [-0.1, -0.05) is 53.5 Å². The van der Waals surface area contributed by atoms with Crippen molar-refractivity contribution < 1.29 is 9.59 Å².